The fourth-order valence-electron chi connectivity index (χ4n) is 2.78. The Morgan fingerprint density at radius 3 is 2.67 bits per heavy atom. The summed E-state index contributed by atoms with van der Waals surface area (Å²) in [6.07, 6.45) is 0. The minimum Gasteiger partial charge on any atom is -0.378 e. The number of nitrogens with zero attached hydrogens (tertiary/aromatic N) is 1. The zero-order valence-electron chi connectivity index (χ0n) is 14.5. The number of amides is 1. The molecule has 1 aliphatic rings. The first-order valence-electron chi connectivity index (χ1n) is 8.25. The van der Waals surface area contributed by atoms with Crippen LogP contribution < -0.4 is 5.32 Å². The number of hydrogen-bond donors (Lipinski definition) is 1. The summed E-state index contributed by atoms with van der Waals surface area (Å²) in [6, 6.07) is 8.21. The van der Waals surface area contributed by atoms with Gasteiger partial charge in [0.2, 0.25) is 10.0 Å². The molecule has 1 heterocycles. The highest BCUT2D eigenvalue weighted by atomic mass is 32.2. The van der Waals surface area contributed by atoms with Gasteiger partial charge in [-0.15, -0.1) is 0 Å². The Morgan fingerprint density at radius 2 is 1.96 bits per heavy atom. The predicted molar refractivity (Wildman–Crippen MR) is 94.9 cm³/mol. The molecule has 3 rings (SSSR count). The Labute approximate surface area is 155 Å². The molecule has 0 aromatic heterocycles. The van der Waals surface area contributed by atoms with Gasteiger partial charge < -0.3 is 10.1 Å². The molecule has 144 valence electrons. The van der Waals surface area contributed by atoms with E-state index in [1.165, 1.54) is 34.6 Å². The standard InChI is InChI=1S/C18H18F2N2O4S/c1-12-11-26-8-7-22(12)27(24,25)15-4-2-3-13(9-15)18(23)21-14-5-6-16(19)17(20)10-14/h2-6,9-10,12H,7-8,11H2,1H3,(H,21,23). The highest BCUT2D eigenvalue weighted by molar-refractivity contribution is 7.89. The third kappa shape index (κ3) is 4.15. The number of nitrogens with one attached hydrogen (secondary N) is 1. The molecule has 27 heavy (non-hydrogen) atoms. The van der Waals surface area contributed by atoms with E-state index in [1.807, 2.05) is 0 Å². The zero-order valence-corrected chi connectivity index (χ0v) is 15.3. The number of anilines is 1. The molecule has 0 saturated carbocycles. The van der Waals surface area contributed by atoms with Crippen LogP contribution in [-0.2, 0) is 14.8 Å². The van der Waals surface area contributed by atoms with Crippen LogP contribution in [-0.4, -0.2) is 44.4 Å². The number of morpholine rings is 1. The quantitative estimate of drug-likeness (QED) is 0.862. The highest BCUT2D eigenvalue weighted by Crippen LogP contribution is 2.22. The Balaban J connectivity index is 1.84. The van der Waals surface area contributed by atoms with Gasteiger partial charge in [-0.25, -0.2) is 17.2 Å². The smallest absolute Gasteiger partial charge is 0.255 e. The van der Waals surface area contributed by atoms with Crippen LogP contribution in [0.1, 0.15) is 17.3 Å². The van der Waals surface area contributed by atoms with Crippen molar-refractivity contribution < 1.29 is 26.7 Å². The lowest BCUT2D eigenvalue weighted by Crippen LogP contribution is -2.46. The van der Waals surface area contributed by atoms with Gasteiger partial charge in [-0.05, 0) is 37.3 Å². The number of benzene rings is 2. The molecule has 1 aliphatic heterocycles. The number of ether oxygens (including phenoxy) is 1. The number of carbonyl (C=O) groups is 1. The summed E-state index contributed by atoms with van der Waals surface area (Å²) in [5.41, 5.74) is 0.149. The molecule has 1 fully saturated rings. The van der Waals surface area contributed by atoms with E-state index in [9.17, 15) is 22.0 Å². The average molecular weight is 396 g/mol. The van der Waals surface area contributed by atoms with Crippen molar-refractivity contribution in [2.75, 3.05) is 25.1 Å². The fourth-order valence-corrected chi connectivity index (χ4v) is 4.43. The summed E-state index contributed by atoms with van der Waals surface area (Å²) < 4.78 is 58.6. The molecule has 1 amide bonds. The third-order valence-electron chi connectivity index (χ3n) is 4.19. The first-order valence-corrected chi connectivity index (χ1v) is 9.69. The van der Waals surface area contributed by atoms with Crippen LogP contribution in [0.3, 0.4) is 0 Å². The van der Waals surface area contributed by atoms with E-state index in [-0.39, 0.29) is 28.7 Å². The molecule has 9 heteroatoms. The first-order chi connectivity index (χ1) is 12.8. The van der Waals surface area contributed by atoms with Crippen LogP contribution in [0.2, 0.25) is 0 Å². The SMILES string of the molecule is CC1COCCN1S(=O)(=O)c1cccc(C(=O)Nc2ccc(F)c(F)c2)c1. The number of hydrogen-bond acceptors (Lipinski definition) is 4. The van der Waals surface area contributed by atoms with E-state index in [0.29, 0.717) is 13.2 Å². The first kappa shape index (κ1) is 19.4. The summed E-state index contributed by atoms with van der Waals surface area (Å²) in [5, 5.41) is 2.42. The molecule has 1 N–H and O–H groups in total. The van der Waals surface area contributed by atoms with E-state index in [0.717, 1.165) is 12.1 Å². The van der Waals surface area contributed by atoms with Crippen molar-refractivity contribution in [1.29, 1.82) is 0 Å². The van der Waals surface area contributed by atoms with Gasteiger partial charge in [0.15, 0.2) is 11.6 Å². The van der Waals surface area contributed by atoms with Crippen LogP contribution >= 0.6 is 0 Å². The zero-order chi connectivity index (χ0) is 19.6. The number of carbonyl (C=O) groups excluding carboxylic acids is 1. The van der Waals surface area contributed by atoms with Crippen LogP contribution in [0.25, 0.3) is 0 Å². The van der Waals surface area contributed by atoms with Crippen molar-refractivity contribution in [1.82, 2.24) is 4.31 Å². The molecule has 6 nitrogen and oxygen atoms in total. The second-order valence-electron chi connectivity index (χ2n) is 6.15. The summed E-state index contributed by atoms with van der Waals surface area (Å²) in [5.74, 6) is -2.75. The monoisotopic (exact) mass is 396 g/mol. The maximum Gasteiger partial charge on any atom is 0.255 e. The van der Waals surface area contributed by atoms with E-state index in [4.69, 9.17) is 4.74 Å². The van der Waals surface area contributed by atoms with Crippen LogP contribution in [0.15, 0.2) is 47.4 Å². The van der Waals surface area contributed by atoms with Gasteiger partial charge in [0.1, 0.15) is 0 Å². The number of rotatable bonds is 4. The minimum absolute atomic E-state index is 0.0193. The van der Waals surface area contributed by atoms with E-state index >= 15 is 0 Å². The second-order valence-corrected chi connectivity index (χ2v) is 8.04. The minimum atomic E-state index is -3.79. The highest BCUT2D eigenvalue weighted by Gasteiger charge is 2.31. The molecule has 0 radical (unpaired) electrons. The van der Waals surface area contributed by atoms with E-state index in [1.54, 1.807) is 6.92 Å². The lowest BCUT2D eigenvalue weighted by Gasteiger charge is -2.32. The van der Waals surface area contributed by atoms with Crippen molar-refractivity contribution in [3.63, 3.8) is 0 Å². The molecule has 1 atom stereocenters. The molecule has 2 aromatic rings. The number of halogens is 2. The van der Waals surface area contributed by atoms with Gasteiger partial charge in [-0.3, -0.25) is 4.79 Å². The van der Waals surface area contributed by atoms with Crippen molar-refractivity contribution in [3.05, 3.63) is 59.7 Å². The van der Waals surface area contributed by atoms with Crippen molar-refractivity contribution in [2.45, 2.75) is 17.9 Å². The van der Waals surface area contributed by atoms with E-state index < -0.39 is 27.6 Å². The largest absolute Gasteiger partial charge is 0.378 e. The Morgan fingerprint density at radius 1 is 1.19 bits per heavy atom. The Hall–Kier alpha value is -2.36. The van der Waals surface area contributed by atoms with Gasteiger partial charge >= 0.3 is 0 Å². The van der Waals surface area contributed by atoms with Gasteiger partial charge in [0.25, 0.3) is 5.91 Å². The Bertz CT molecular complexity index is 966. The molecule has 0 spiro atoms. The predicted octanol–water partition coefficient (Wildman–Crippen LogP) is 2.63. The molecule has 1 saturated heterocycles. The lowest BCUT2D eigenvalue weighted by atomic mass is 10.2. The van der Waals surface area contributed by atoms with Crippen molar-refractivity contribution in [2.24, 2.45) is 0 Å². The molecule has 2 aromatic carbocycles. The molecule has 0 bridgehead atoms. The summed E-state index contributed by atoms with van der Waals surface area (Å²) >= 11 is 0. The second kappa shape index (κ2) is 7.71. The molecule has 1 unspecified atom stereocenters. The molecular weight excluding hydrogens is 378 g/mol. The van der Waals surface area contributed by atoms with Crippen molar-refractivity contribution in [3.8, 4) is 0 Å². The van der Waals surface area contributed by atoms with Gasteiger partial charge in [-0.2, -0.15) is 4.31 Å². The maximum atomic E-state index is 13.3. The molecule has 0 aliphatic carbocycles. The normalized spacial score (nSPS) is 18.3. The fraction of sp³-hybridized carbons (Fsp3) is 0.278. The lowest BCUT2D eigenvalue weighted by molar-refractivity contribution is 0.0393. The average Bonchev–Trinajstić information content (AvgIpc) is 2.65. The maximum absolute atomic E-state index is 13.3. The van der Waals surface area contributed by atoms with Gasteiger partial charge in [0, 0.05) is 29.9 Å². The van der Waals surface area contributed by atoms with Crippen LogP contribution in [0.4, 0.5) is 14.5 Å². The summed E-state index contributed by atoms with van der Waals surface area (Å²) in [7, 11) is -3.79. The summed E-state index contributed by atoms with van der Waals surface area (Å²) in [4.78, 5) is 12.4. The summed E-state index contributed by atoms with van der Waals surface area (Å²) in [6.45, 7) is 2.58. The topological polar surface area (TPSA) is 75.7 Å². The van der Waals surface area contributed by atoms with Gasteiger partial charge in [0.05, 0.1) is 18.1 Å². The Kier molecular flexibility index (Phi) is 5.54. The van der Waals surface area contributed by atoms with Gasteiger partial charge in [-0.1, -0.05) is 6.07 Å². The number of sulfonamides is 1. The molecular formula is C18H18F2N2O4S. The van der Waals surface area contributed by atoms with Crippen LogP contribution in [0.5, 0.6) is 0 Å². The van der Waals surface area contributed by atoms with E-state index in [2.05, 4.69) is 5.32 Å². The third-order valence-corrected chi connectivity index (χ3v) is 6.20. The van der Waals surface area contributed by atoms with Crippen molar-refractivity contribution >= 4 is 21.6 Å². The van der Waals surface area contributed by atoms with Crippen LogP contribution in [0, 0.1) is 11.6 Å².